The lowest BCUT2D eigenvalue weighted by molar-refractivity contribution is 0.0966. The van der Waals surface area contributed by atoms with E-state index in [0.29, 0.717) is 18.7 Å². The highest BCUT2D eigenvalue weighted by molar-refractivity contribution is 6.04. The van der Waals surface area contributed by atoms with Gasteiger partial charge in [0, 0.05) is 12.1 Å². The van der Waals surface area contributed by atoms with E-state index in [1.807, 2.05) is 45.0 Å². The molecule has 0 aromatic heterocycles. The molecule has 0 unspecified atom stereocenters. The number of amidine groups is 1. The van der Waals surface area contributed by atoms with Gasteiger partial charge in [0.05, 0.1) is 13.2 Å². The van der Waals surface area contributed by atoms with E-state index in [-0.39, 0.29) is 11.9 Å². The molecule has 0 spiro atoms. The number of hydrogen-bond acceptors (Lipinski definition) is 4. The summed E-state index contributed by atoms with van der Waals surface area (Å²) in [6.07, 6.45) is 0. The summed E-state index contributed by atoms with van der Waals surface area (Å²) in [5.41, 5.74) is 1.71. The van der Waals surface area contributed by atoms with E-state index in [1.54, 1.807) is 12.1 Å². The van der Waals surface area contributed by atoms with Gasteiger partial charge in [0.25, 0.3) is 11.9 Å². The van der Waals surface area contributed by atoms with Crippen molar-refractivity contribution in [2.75, 3.05) is 33.8 Å². The Morgan fingerprint density at radius 1 is 1.30 bits per heavy atom. The molecule has 1 rings (SSSR count). The van der Waals surface area contributed by atoms with Gasteiger partial charge in [-0.2, -0.15) is 0 Å². The van der Waals surface area contributed by atoms with Gasteiger partial charge in [-0.15, -0.1) is 0 Å². The maximum absolute atomic E-state index is 12.1. The van der Waals surface area contributed by atoms with Crippen LogP contribution in [-0.2, 0) is 4.74 Å². The molecule has 1 amide bonds. The Labute approximate surface area is 120 Å². The van der Waals surface area contributed by atoms with Gasteiger partial charge in [0.2, 0.25) is 0 Å². The molecule has 20 heavy (non-hydrogen) atoms. The number of aliphatic imine (C=N–C) groups is 1. The number of carbonyl (C=O) groups excluding carboxylic acids is 1. The highest BCUT2D eigenvalue weighted by atomic mass is 16.5. The number of likely N-dealkylation sites (N-methyl/N-ethyl adjacent to an activating group) is 1. The van der Waals surface area contributed by atoms with Crippen molar-refractivity contribution in [2.24, 2.45) is 4.99 Å². The molecule has 0 aliphatic rings. The highest BCUT2D eigenvalue weighted by Crippen LogP contribution is 2.02. The minimum absolute atomic E-state index is 0.206. The van der Waals surface area contributed by atoms with Crippen molar-refractivity contribution >= 4 is 11.9 Å². The van der Waals surface area contributed by atoms with Gasteiger partial charge in [-0.1, -0.05) is 17.7 Å². The fourth-order valence-corrected chi connectivity index (χ4v) is 1.48. The molecular formula is C15H23N3O2. The molecule has 1 N–H and O–H groups in total. The maximum atomic E-state index is 12.1. The lowest BCUT2D eigenvalue weighted by Gasteiger charge is -2.11. The number of amides is 1. The zero-order valence-corrected chi connectivity index (χ0v) is 12.6. The fourth-order valence-electron chi connectivity index (χ4n) is 1.48. The molecule has 1 aromatic rings. The zero-order valence-electron chi connectivity index (χ0n) is 12.6. The normalized spacial score (nSPS) is 11.6. The van der Waals surface area contributed by atoms with Crippen molar-refractivity contribution in [1.29, 1.82) is 0 Å². The Bertz CT molecular complexity index is 453. The van der Waals surface area contributed by atoms with E-state index in [4.69, 9.17) is 4.74 Å². The minimum Gasteiger partial charge on any atom is -0.465 e. The second-order valence-corrected chi connectivity index (χ2v) is 4.74. The zero-order chi connectivity index (χ0) is 15.0. The fraction of sp³-hybridized carbons (Fsp3) is 0.467. The standard InChI is InChI=1S/C15H23N3O2/c1-5-20-15(16-10-11-18(3)4)17-14(19)13-8-6-12(2)7-9-13/h6-9H,5,10-11H2,1-4H3,(H,16,17,19). The summed E-state index contributed by atoms with van der Waals surface area (Å²) in [4.78, 5) is 18.3. The van der Waals surface area contributed by atoms with E-state index in [2.05, 4.69) is 10.3 Å². The Kier molecular flexibility index (Phi) is 6.73. The second-order valence-electron chi connectivity index (χ2n) is 4.74. The van der Waals surface area contributed by atoms with Crippen LogP contribution in [0.1, 0.15) is 22.8 Å². The topological polar surface area (TPSA) is 53.9 Å². The first-order chi connectivity index (χ1) is 9.52. The smallest absolute Gasteiger partial charge is 0.291 e. The number of aryl methyl sites for hydroxylation is 1. The number of rotatable bonds is 5. The van der Waals surface area contributed by atoms with Crippen LogP contribution in [0, 0.1) is 6.92 Å². The number of benzene rings is 1. The molecule has 0 saturated carbocycles. The predicted molar refractivity (Wildman–Crippen MR) is 81.1 cm³/mol. The molecule has 0 fully saturated rings. The van der Waals surface area contributed by atoms with E-state index in [1.165, 1.54) is 0 Å². The van der Waals surface area contributed by atoms with Crippen molar-refractivity contribution in [2.45, 2.75) is 13.8 Å². The number of nitrogens with zero attached hydrogens (tertiary/aromatic N) is 2. The molecule has 110 valence electrons. The molecule has 5 heteroatoms. The lowest BCUT2D eigenvalue weighted by atomic mass is 10.1. The monoisotopic (exact) mass is 277 g/mol. The maximum Gasteiger partial charge on any atom is 0.291 e. The van der Waals surface area contributed by atoms with Crippen LogP contribution in [0.2, 0.25) is 0 Å². The average Bonchev–Trinajstić information content (AvgIpc) is 2.39. The summed E-state index contributed by atoms with van der Waals surface area (Å²) >= 11 is 0. The molecule has 0 heterocycles. The van der Waals surface area contributed by atoms with Gasteiger partial charge < -0.3 is 9.64 Å². The highest BCUT2D eigenvalue weighted by Gasteiger charge is 2.09. The van der Waals surface area contributed by atoms with Crippen LogP contribution in [0.15, 0.2) is 29.3 Å². The third kappa shape index (κ3) is 5.84. The van der Waals surface area contributed by atoms with Gasteiger partial charge in [-0.05, 0) is 40.1 Å². The van der Waals surface area contributed by atoms with Crippen LogP contribution >= 0.6 is 0 Å². The third-order valence-electron chi connectivity index (χ3n) is 2.62. The molecule has 0 aliphatic heterocycles. The van der Waals surface area contributed by atoms with Crippen LogP contribution in [0.25, 0.3) is 0 Å². The summed E-state index contributed by atoms with van der Waals surface area (Å²) in [6, 6.07) is 7.65. The first-order valence-electron chi connectivity index (χ1n) is 6.73. The van der Waals surface area contributed by atoms with Crippen molar-refractivity contribution in [1.82, 2.24) is 10.2 Å². The number of hydrogen-bond donors (Lipinski definition) is 1. The van der Waals surface area contributed by atoms with E-state index in [0.717, 1.165) is 12.1 Å². The Balaban J connectivity index is 2.64. The minimum atomic E-state index is -0.206. The molecule has 0 atom stereocenters. The lowest BCUT2D eigenvalue weighted by Crippen LogP contribution is -2.33. The Hall–Kier alpha value is -1.88. The largest absolute Gasteiger partial charge is 0.465 e. The Morgan fingerprint density at radius 3 is 2.50 bits per heavy atom. The number of ether oxygens (including phenoxy) is 1. The van der Waals surface area contributed by atoms with E-state index >= 15 is 0 Å². The van der Waals surface area contributed by atoms with Crippen molar-refractivity contribution in [3.05, 3.63) is 35.4 Å². The molecule has 0 radical (unpaired) electrons. The van der Waals surface area contributed by atoms with Crippen LogP contribution in [-0.4, -0.2) is 50.6 Å². The summed E-state index contributed by atoms with van der Waals surface area (Å²) in [7, 11) is 3.95. The van der Waals surface area contributed by atoms with Crippen LogP contribution < -0.4 is 5.32 Å². The quantitative estimate of drug-likeness (QED) is 0.658. The summed E-state index contributed by atoms with van der Waals surface area (Å²) < 4.78 is 5.34. The molecular weight excluding hydrogens is 254 g/mol. The third-order valence-corrected chi connectivity index (χ3v) is 2.62. The Morgan fingerprint density at radius 2 is 1.95 bits per heavy atom. The molecule has 0 saturated heterocycles. The van der Waals surface area contributed by atoms with E-state index < -0.39 is 0 Å². The number of carbonyl (C=O) groups is 1. The average molecular weight is 277 g/mol. The predicted octanol–water partition coefficient (Wildman–Crippen LogP) is 1.68. The first kappa shape index (κ1) is 16.2. The van der Waals surface area contributed by atoms with Crippen molar-refractivity contribution in [3.8, 4) is 0 Å². The van der Waals surface area contributed by atoms with Gasteiger partial charge in [0.1, 0.15) is 0 Å². The number of nitrogens with one attached hydrogen (secondary N) is 1. The van der Waals surface area contributed by atoms with Crippen molar-refractivity contribution in [3.63, 3.8) is 0 Å². The van der Waals surface area contributed by atoms with Gasteiger partial charge in [-0.3, -0.25) is 10.1 Å². The SMILES string of the molecule is CCOC(=NCCN(C)C)NC(=O)c1ccc(C)cc1. The van der Waals surface area contributed by atoms with Gasteiger partial charge in [-0.25, -0.2) is 4.99 Å². The van der Waals surface area contributed by atoms with E-state index in [9.17, 15) is 4.79 Å². The molecule has 0 bridgehead atoms. The van der Waals surface area contributed by atoms with Gasteiger partial charge in [0.15, 0.2) is 0 Å². The van der Waals surface area contributed by atoms with Crippen LogP contribution in [0.5, 0.6) is 0 Å². The molecule has 5 nitrogen and oxygen atoms in total. The van der Waals surface area contributed by atoms with Crippen molar-refractivity contribution < 1.29 is 9.53 Å². The summed E-state index contributed by atoms with van der Waals surface area (Å²) in [5, 5.41) is 2.70. The van der Waals surface area contributed by atoms with Gasteiger partial charge >= 0.3 is 0 Å². The molecule has 0 aliphatic carbocycles. The summed E-state index contributed by atoms with van der Waals surface area (Å²) in [6.45, 7) is 5.69. The van der Waals surface area contributed by atoms with Crippen LogP contribution in [0.4, 0.5) is 0 Å². The first-order valence-corrected chi connectivity index (χ1v) is 6.73. The second kappa shape index (κ2) is 8.32. The molecule has 1 aromatic carbocycles. The van der Waals surface area contributed by atoms with Crippen LogP contribution in [0.3, 0.4) is 0 Å². The summed E-state index contributed by atoms with van der Waals surface area (Å²) in [5.74, 6) is -0.206.